The SMILES string of the molecule is CCn1c2ccccc2c2ccc(C)c(C=O)c21. The molecule has 0 N–H and O–H groups in total. The first kappa shape index (κ1) is 11.0. The lowest BCUT2D eigenvalue weighted by atomic mass is 10.0. The number of carbonyl (C=O) groups is 1. The Bertz CT molecular complexity index is 752. The van der Waals surface area contributed by atoms with E-state index in [4.69, 9.17) is 0 Å². The molecule has 2 aromatic carbocycles. The smallest absolute Gasteiger partial charge is 0.152 e. The van der Waals surface area contributed by atoms with Gasteiger partial charge >= 0.3 is 0 Å². The molecule has 0 radical (unpaired) electrons. The van der Waals surface area contributed by atoms with Gasteiger partial charge in [-0.1, -0.05) is 30.3 Å². The fourth-order valence-electron chi connectivity index (χ4n) is 2.75. The molecule has 1 aromatic heterocycles. The van der Waals surface area contributed by atoms with Crippen LogP contribution in [-0.4, -0.2) is 10.9 Å². The van der Waals surface area contributed by atoms with Crippen molar-refractivity contribution in [3.8, 4) is 0 Å². The van der Waals surface area contributed by atoms with E-state index in [1.165, 1.54) is 16.3 Å². The van der Waals surface area contributed by atoms with Crippen molar-refractivity contribution in [2.75, 3.05) is 0 Å². The summed E-state index contributed by atoms with van der Waals surface area (Å²) < 4.78 is 2.22. The van der Waals surface area contributed by atoms with Crippen LogP contribution in [0.3, 0.4) is 0 Å². The Balaban J connectivity index is 2.64. The van der Waals surface area contributed by atoms with Crippen molar-refractivity contribution < 1.29 is 4.79 Å². The van der Waals surface area contributed by atoms with Crippen molar-refractivity contribution in [2.45, 2.75) is 20.4 Å². The number of nitrogens with zero attached hydrogens (tertiary/aromatic N) is 1. The molecule has 0 spiro atoms. The number of para-hydroxylation sites is 1. The number of hydrogen-bond acceptors (Lipinski definition) is 1. The van der Waals surface area contributed by atoms with Crippen LogP contribution in [0.2, 0.25) is 0 Å². The summed E-state index contributed by atoms with van der Waals surface area (Å²) in [6.07, 6.45) is 0.975. The molecule has 0 aliphatic heterocycles. The van der Waals surface area contributed by atoms with Crippen molar-refractivity contribution in [1.29, 1.82) is 0 Å². The zero-order chi connectivity index (χ0) is 12.7. The maximum Gasteiger partial charge on any atom is 0.152 e. The van der Waals surface area contributed by atoms with Gasteiger partial charge in [-0.2, -0.15) is 0 Å². The summed E-state index contributed by atoms with van der Waals surface area (Å²) in [5, 5.41) is 2.39. The summed E-state index contributed by atoms with van der Waals surface area (Å²) in [5.41, 5.74) is 4.11. The maximum absolute atomic E-state index is 11.4. The zero-order valence-corrected chi connectivity index (χ0v) is 10.6. The lowest BCUT2D eigenvalue weighted by Gasteiger charge is -2.06. The molecule has 0 unspecified atom stereocenters. The fourth-order valence-corrected chi connectivity index (χ4v) is 2.75. The summed E-state index contributed by atoms with van der Waals surface area (Å²) >= 11 is 0. The van der Waals surface area contributed by atoms with Crippen molar-refractivity contribution in [3.63, 3.8) is 0 Å². The summed E-state index contributed by atoms with van der Waals surface area (Å²) in [6.45, 7) is 4.97. The molecule has 2 nitrogen and oxygen atoms in total. The van der Waals surface area contributed by atoms with Crippen LogP contribution < -0.4 is 0 Å². The number of aldehydes is 1. The van der Waals surface area contributed by atoms with Gasteiger partial charge in [0.1, 0.15) is 0 Å². The van der Waals surface area contributed by atoms with Gasteiger partial charge in [0.2, 0.25) is 0 Å². The number of aryl methyl sites for hydroxylation is 2. The summed E-state index contributed by atoms with van der Waals surface area (Å²) in [4.78, 5) is 11.4. The molecule has 0 saturated heterocycles. The first-order valence-electron chi connectivity index (χ1n) is 6.23. The second kappa shape index (κ2) is 3.98. The van der Waals surface area contributed by atoms with E-state index in [1.54, 1.807) is 0 Å². The zero-order valence-electron chi connectivity index (χ0n) is 10.6. The molecule has 0 fully saturated rings. The molecule has 0 aliphatic rings. The van der Waals surface area contributed by atoms with Crippen molar-refractivity contribution in [2.24, 2.45) is 0 Å². The summed E-state index contributed by atoms with van der Waals surface area (Å²) in [6, 6.07) is 12.5. The van der Waals surface area contributed by atoms with Crippen molar-refractivity contribution in [1.82, 2.24) is 4.57 Å². The minimum Gasteiger partial charge on any atom is -0.340 e. The number of hydrogen-bond donors (Lipinski definition) is 0. The molecular weight excluding hydrogens is 222 g/mol. The summed E-state index contributed by atoms with van der Waals surface area (Å²) in [5.74, 6) is 0. The van der Waals surface area contributed by atoms with E-state index in [1.807, 2.05) is 25.1 Å². The average Bonchev–Trinajstić information content (AvgIpc) is 2.72. The molecule has 0 atom stereocenters. The standard InChI is InChI=1S/C16H15NO/c1-3-17-15-7-5-4-6-12(15)13-9-8-11(2)14(10-18)16(13)17/h4-10H,3H2,1-2H3. The number of aromatic nitrogens is 1. The van der Waals surface area contributed by atoms with E-state index >= 15 is 0 Å². The number of rotatable bonds is 2. The lowest BCUT2D eigenvalue weighted by molar-refractivity contribution is 0.112. The first-order chi connectivity index (χ1) is 8.77. The van der Waals surface area contributed by atoms with Crippen molar-refractivity contribution in [3.05, 3.63) is 47.5 Å². The monoisotopic (exact) mass is 237 g/mol. The molecule has 0 aliphatic carbocycles. The molecule has 1 heterocycles. The Kier molecular flexibility index (Phi) is 2.44. The molecule has 0 amide bonds. The third-order valence-electron chi connectivity index (χ3n) is 3.62. The number of fused-ring (bicyclic) bond motifs is 3. The van der Waals surface area contributed by atoms with E-state index in [0.717, 1.165) is 29.5 Å². The predicted octanol–water partition coefficient (Wildman–Crippen LogP) is 3.94. The topological polar surface area (TPSA) is 22.0 Å². The largest absolute Gasteiger partial charge is 0.340 e. The highest BCUT2D eigenvalue weighted by molar-refractivity contribution is 6.13. The second-order valence-electron chi connectivity index (χ2n) is 4.57. The Morgan fingerprint density at radius 3 is 2.61 bits per heavy atom. The molecule has 90 valence electrons. The molecule has 3 aromatic rings. The van der Waals surface area contributed by atoms with Crippen LogP contribution in [0, 0.1) is 6.92 Å². The molecular formula is C16H15NO. The average molecular weight is 237 g/mol. The quantitative estimate of drug-likeness (QED) is 0.619. The van der Waals surface area contributed by atoms with Gasteiger partial charge in [-0.15, -0.1) is 0 Å². The van der Waals surface area contributed by atoms with E-state index in [-0.39, 0.29) is 0 Å². The third-order valence-corrected chi connectivity index (χ3v) is 3.62. The molecule has 2 heteroatoms. The van der Waals surface area contributed by atoms with Gasteiger partial charge in [-0.25, -0.2) is 0 Å². The minimum absolute atomic E-state index is 0.811. The van der Waals surface area contributed by atoms with Gasteiger partial charge in [0.05, 0.1) is 5.52 Å². The maximum atomic E-state index is 11.4. The molecule has 0 bridgehead atoms. The van der Waals surface area contributed by atoms with Gasteiger partial charge in [-0.3, -0.25) is 4.79 Å². The number of carbonyl (C=O) groups excluding carboxylic acids is 1. The Morgan fingerprint density at radius 2 is 1.89 bits per heavy atom. The van der Waals surface area contributed by atoms with E-state index < -0.39 is 0 Å². The van der Waals surface area contributed by atoms with Crippen LogP contribution >= 0.6 is 0 Å². The Labute approximate surface area is 106 Å². The van der Waals surface area contributed by atoms with Gasteiger partial charge in [0, 0.05) is 28.4 Å². The third kappa shape index (κ3) is 1.32. The van der Waals surface area contributed by atoms with Crippen LogP contribution in [-0.2, 0) is 6.54 Å². The Hall–Kier alpha value is -2.09. The van der Waals surface area contributed by atoms with E-state index in [2.05, 4.69) is 29.7 Å². The number of benzene rings is 2. The van der Waals surface area contributed by atoms with Crippen molar-refractivity contribution >= 4 is 28.1 Å². The van der Waals surface area contributed by atoms with Crippen LogP contribution in [0.25, 0.3) is 21.8 Å². The van der Waals surface area contributed by atoms with Crippen LogP contribution in [0.4, 0.5) is 0 Å². The molecule has 3 rings (SSSR count). The van der Waals surface area contributed by atoms with Crippen LogP contribution in [0.15, 0.2) is 36.4 Å². The first-order valence-corrected chi connectivity index (χ1v) is 6.23. The summed E-state index contributed by atoms with van der Waals surface area (Å²) in [7, 11) is 0. The predicted molar refractivity (Wildman–Crippen MR) is 75.2 cm³/mol. The highest BCUT2D eigenvalue weighted by Crippen LogP contribution is 2.31. The van der Waals surface area contributed by atoms with E-state index in [9.17, 15) is 4.79 Å². The van der Waals surface area contributed by atoms with Crippen LogP contribution in [0.5, 0.6) is 0 Å². The van der Waals surface area contributed by atoms with Gasteiger partial charge in [0.15, 0.2) is 6.29 Å². The molecule has 18 heavy (non-hydrogen) atoms. The molecule has 0 saturated carbocycles. The highest BCUT2D eigenvalue weighted by Gasteiger charge is 2.13. The minimum atomic E-state index is 0.811. The Morgan fingerprint density at radius 1 is 1.11 bits per heavy atom. The lowest BCUT2D eigenvalue weighted by Crippen LogP contribution is -1.97. The second-order valence-corrected chi connectivity index (χ2v) is 4.57. The van der Waals surface area contributed by atoms with E-state index in [0.29, 0.717) is 0 Å². The van der Waals surface area contributed by atoms with Gasteiger partial charge in [-0.05, 0) is 25.5 Å². The van der Waals surface area contributed by atoms with Crippen LogP contribution in [0.1, 0.15) is 22.8 Å². The van der Waals surface area contributed by atoms with Gasteiger partial charge in [0.25, 0.3) is 0 Å². The highest BCUT2D eigenvalue weighted by atomic mass is 16.1. The normalized spacial score (nSPS) is 11.2. The fraction of sp³-hybridized carbons (Fsp3) is 0.188. The van der Waals surface area contributed by atoms with Gasteiger partial charge < -0.3 is 4.57 Å².